The van der Waals surface area contributed by atoms with Gasteiger partial charge in [0.25, 0.3) is 0 Å². The molecule has 8 atom stereocenters. The van der Waals surface area contributed by atoms with Crippen LogP contribution in [0.2, 0.25) is 0 Å². The molecule has 30 heteroatoms. The van der Waals surface area contributed by atoms with E-state index >= 15 is 4.79 Å². The largest absolute Gasteiger partial charge is 0.488 e. The number of carbonyl (C=O) groups is 13. The molecule has 13 N–H and O–H groups in total. The normalized spacial score (nSPS) is 14.1. The van der Waals surface area contributed by atoms with Gasteiger partial charge in [0.05, 0.1) is 18.5 Å². The number of nitrogens with zero attached hydrogens (tertiary/aromatic N) is 1. The van der Waals surface area contributed by atoms with E-state index in [9.17, 15) is 57.5 Å². The van der Waals surface area contributed by atoms with Crippen LogP contribution in [0.4, 0.5) is 9.59 Å². The predicted molar refractivity (Wildman–Crippen MR) is 443 cm³/mol. The van der Waals surface area contributed by atoms with Crippen LogP contribution in [0.5, 0.6) is 5.75 Å². The Bertz CT molecular complexity index is 4750. The highest BCUT2D eigenvalue weighted by atomic mass is 16.6. The SMILES string of the molecule is CCCC[C@H](NC(=O)[C@H](Cc1cn(C(=O)OC(C)(C)C)c2ccccc12)NC(=O)CNC(=O)[C@H](Cc1ccc(OC(C)(C)C)cc1)NC(=O)[C@H](C)NC(=O)[C@@H](CCC(=O)OC(C)(C)C)NC(=O)[C@@H](CN)NC(=O)OCC1c2ccccc2-c2ccccc21)C(=O)N[C@@H](CC(=O)OC(C)(C)C)C(=O)N[C@@H](Cc1cccc2ccccc12)C(N)=O. The summed E-state index contributed by atoms with van der Waals surface area (Å²) in [5.41, 5.74) is 14.2. The molecule has 0 saturated heterocycles. The van der Waals surface area contributed by atoms with Crippen LogP contribution in [0.3, 0.4) is 0 Å². The van der Waals surface area contributed by atoms with E-state index in [4.69, 9.17) is 35.2 Å². The predicted octanol–water partition coefficient (Wildman–Crippen LogP) is 7.71. The Kier molecular flexibility index (Phi) is 31.4. The van der Waals surface area contributed by atoms with E-state index in [1.165, 1.54) is 17.7 Å². The molecule has 10 amide bonds. The van der Waals surface area contributed by atoms with Crippen molar-refractivity contribution in [2.45, 2.75) is 231 Å². The van der Waals surface area contributed by atoms with Crippen molar-refractivity contribution in [3.63, 3.8) is 0 Å². The molecule has 6 aromatic carbocycles. The fourth-order valence-electron chi connectivity index (χ4n) is 13.4. The molecular weight excluding hydrogens is 1510 g/mol. The van der Waals surface area contributed by atoms with Gasteiger partial charge >= 0.3 is 24.1 Å². The molecule has 7 aromatic rings. The van der Waals surface area contributed by atoms with Crippen molar-refractivity contribution in [2.75, 3.05) is 19.7 Å². The third-order valence-corrected chi connectivity index (χ3v) is 18.8. The van der Waals surface area contributed by atoms with Crippen molar-refractivity contribution >= 4 is 99.0 Å². The zero-order valence-electron chi connectivity index (χ0n) is 69.5. The molecule has 118 heavy (non-hydrogen) atoms. The van der Waals surface area contributed by atoms with Gasteiger partial charge < -0.3 is 83.0 Å². The van der Waals surface area contributed by atoms with Gasteiger partial charge in [-0.05, 0) is 171 Å². The van der Waals surface area contributed by atoms with E-state index in [0.29, 0.717) is 46.2 Å². The molecule has 1 aliphatic rings. The molecule has 0 radical (unpaired) electrons. The number of aromatic nitrogens is 1. The minimum absolute atomic E-state index is 0.0536. The second kappa shape index (κ2) is 40.6. The lowest BCUT2D eigenvalue weighted by molar-refractivity contribution is -0.157. The lowest BCUT2D eigenvalue weighted by Crippen LogP contribution is -2.59. The molecule has 0 bridgehead atoms. The Hall–Kier alpha value is -12.2. The van der Waals surface area contributed by atoms with E-state index < -0.39 is 174 Å². The first kappa shape index (κ1) is 91.3. The Morgan fingerprint density at radius 3 is 1.58 bits per heavy atom. The molecule has 1 heterocycles. The maximum Gasteiger partial charge on any atom is 0.419 e. The number of amides is 10. The van der Waals surface area contributed by atoms with Crippen LogP contribution in [0, 0.1) is 0 Å². The average molecular weight is 1630 g/mol. The van der Waals surface area contributed by atoms with E-state index in [2.05, 4.69) is 47.9 Å². The number of rotatable bonds is 36. The molecule has 632 valence electrons. The van der Waals surface area contributed by atoms with Gasteiger partial charge in [-0.15, -0.1) is 0 Å². The number of para-hydroxylation sites is 1. The third kappa shape index (κ3) is 27.2. The number of unbranched alkanes of at least 4 members (excludes halogenated alkanes) is 1. The van der Waals surface area contributed by atoms with Gasteiger partial charge in [0.2, 0.25) is 53.2 Å². The second-order valence-electron chi connectivity index (χ2n) is 33.2. The van der Waals surface area contributed by atoms with Crippen molar-refractivity contribution in [3.05, 3.63) is 174 Å². The van der Waals surface area contributed by atoms with Gasteiger partial charge in [0.15, 0.2) is 0 Å². The minimum atomic E-state index is -1.71. The summed E-state index contributed by atoms with van der Waals surface area (Å²) in [4.78, 5) is 184. The summed E-state index contributed by atoms with van der Waals surface area (Å²) in [5, 5.41) is 25.6. The van der Waals surface area contributed by atoms with E-state index in [1.54, 1.807) is 123 Å². The van der Waals surface area contributed by atoms with Crippen molar-refractivity contribution in [1.82, 2.24) is 52.4 Å². The van der Waals surface area contributed by atoms with Crippen LogP contribution in [0.15, 0.2) is 146 Å². The third-order valence-electron chi connectivity index (χ3n) is 18.8. The Balaban J connectivity index is 1.02. The number of primary amides is 1. The fraction of sp³-hybridized carbons (Fsp3) is 0.443. The topological polar surface area (TPSA) is 433 Å². The summed E-state index contributed by atoms with van der Waals surface area (Å²) >= 11 is 0. The van der Waals surface area contributed by atoms with Crippen LogP contribution in [0.1, 0.15) is 169 Å². The Morgan fingerprint density at radius 1 is 0.466 bits per heavy atom. The Morgan fingerprint density at radius 2 is 0.975 bits per heavy atom. The molecule has 30 nitrogen and oxygen atoms in total. The quantitative estimate of drug-likeness (QED) is 0.0132. The highest BCUT2D eigenvalue weighted by Crippen LogP contribution is 2.44. The van der Waals surface area contributed by atoms with Crippen molar-refractivity contribution < 1.29 is 86.0 Å². The summed E-state index contributed by atoms with van der Waals surface area (Å²) in [6, 6.07) is 29.4. The first-order chi connectivity index (χ1) is 55.6. The number of nitrogens with two attached hydrogens (primary N) is 2. The number of ether oxygens (including phenoxy) is 5. The van der Waals surface area contributed by atoms with Crippen molar-refractivity contribution in [2.24, 2.45) is 11.5 Å². The lowest BCUT2D eigenvalue weighted by atomic mass is 9.98. The van der Waals surface area contributed by atoms with Crippen LogP contribution in [0.25, 0.3) is 32.8 Å². The molecule has 8 rings (SSSR count). The highest BCUT2D eigenvalue weighted by Gasteiger charge is 2.38. The molecule has 0 saturated carbocycles. The zero-order valence-corrected chi connectivity index (χ0v) is 69.5. The van der Waals surface area contributed by atoms with Crippen LogP contribution in [-0.4, -0.2) is 172 Å². The van der Waals surface area contributed by atoms with Crippen LogP contribution in [-0.2, 0) is 90.9 Å². The van der Waals surface area contributed by atoms with Gasteiger partial charge in [-0.3, -0.25) is 57.3 Å². The number of esters is 2. The first-order valence-electron chi connectivity index (χ1n) is 39.6. The Labute approximate surface area is 687 Å². The second-order valence-corrected chi connectivity index (χ2v) is 33.2. The van der Waals surface area contributed by atoms with E-state index in [-0.39, 0.29) is 44.6 Å². The van der Waals surface area contributed by atoms with E-state index in [1.807, 2.05) is 107 Å². The van der Waals surface area contributed by atoms with Crippen LogP contribution >= 0.6 is 0 Å². The standard InChI is InChI=1S/C88H112N12O18/c1-15-16-35-64(79(108)98-69(46-74(103)117-87(9,10)11)81(110)96-66(75(90)104)44-54-28-25-27-53-26-17-18-29-57(53)54)94-80(109)68(45-55-49-100(84(113)118-88(12,13)14)71-36-24-23-30-58(55)71)93-72(101)48-91-77(106)67(43-52-37-39-56(40-38-52)115-85(3,4)5)97-76(105)51(2)92-78(107)65(41-42-73(102)116-86(6,7)8)95-82(111)70(47-89)99-83(112)114-50-63-61-33-21-19-31-59(61)60-32-20-22-34-62(60)63/h17-34,36-40,49,51,63-70H,15-16,35,41-48,50,89H2,1-14H3,(H2,90,104)(H,91,106)(H,92,107)(H,93,101)(H,94,109)(H,95,111)(H,96,110)(H,97,105)(H,98,108)(H,99,112)/t51-,64-,65+,66-,67-,68-,69-,70+/m0/s1. The van der Waals surface area contributed by atoms with Crippen molar-refractivity contribution in [3.8, 4) is 16.9 Å². The lowest BCUT2D eigenvalue weighted by Gasteiger charge is -2.27. The molecule has 0 unspecified atom stereocenters. The molecular formula is C88H112N12O18. The van der Waals surface area contributed by atoms with Crippen molar-refractivity contribution in [1.29, 1.82) is 0 Å². The summed E-state index contributed by atoms with van der Waals surface area (Å²) in [5.74, 6) is -10.0. The number of hydrogen-bond acceptors (Lipinski definition) is 19. The average Bonchev–Trinajstić information content (AvgIpc) is 1.62. The summed E-state index contributed by atoms with van der Waals surface area (Å²) < 4.78 is 29.8. The number of fused-ring (bicyclic) bond motifs is 5. The molecule has 1 aromatic heterocycles. The molecule has 0 aliphatic heterocycles. The number of carbonyl (C=O) groups excluding carboxylic acids is 13. The molecule has 1 aliphatic carbocycles. The minimum Gasteiger partial charge on any atom is -0.488 e. The molecule has 0 fully saturated rings. The smallest absolute Gasteiger partial charge is 0.419 e. The van der Waals surface area contributed by atoms with Gasteiger partial charge in [0.1, 0.15) is 83.1 Å². The fourth-order valence-corrected chi connectivity index (χ4v) is 13.4. The maximum absolute atomic E-state index is 15.2. The summed E-state index contributed by atoms with van der Waals surface area (Å²) in [6.45, 7) is 22.1. The summed E-state index contributed by atoms with van der Waals surface area (Å²) in [7, 11) is 0. The van der Waals surface area contributed by atoms with E-state index in [0.717, 1.165) is 33.0 Å². The number of alkyl carbamates (subject to hydrolysis) is 1. The number of hydrogen-bond donors (Lipinski definition) is 11. The number of nitrogens with one attached hydrogen (secondary N) is 9. The van der Waals surface area contributed by atoms with Gasteiger partial charge in [-0.25, -0.2) is 9.59 Å². The zero-order chi connectivity index (χ0) is 86.6. The highest BCUT2D eigenvalue weighted by molar-refractivity contribution is 6.00. The van der Waals surface area contributed by atoms with Gasteiger partial charge in [0, 0.05) is 49.7 Å². The van der Waals surface area contributed by atoms with Crippen LogP contribution < -0.4 is 64.1 Å². The molecule has 0 spiro atoms. The van der Waals surface area contributed by atoms with Gasteiger partial charge in [-0.1, -0.05) is 141 Å². The monoisotopic (exact) mass is 1620 g/mol. The number of benzene rings is 6. The first-order valence-corrected chi connectivity index (χ1v) is 39.6. The summed E-state index contributed by atoms with van der Waals surface area (Å²) in [6.07, 6.45) is -1.73. The maximum atomic E-state index is 15.2. The van der Waals surface area contributed by atoms with Gasteiger partial charge in [-0.2, -0.15) is 0 Å².